The molecule has 110 valence electrons. The van der Waals surface area contributed by atoms with Gasteiger partial charge in [0.05, 0.1) is 4.92 Å². The number of aromatic nitrogens is 2. The van der Waals surface area contributed by atoms with Crippen LogP contribution in [0.25, 0.3) is 0 Å². The Morgan fingerprint density at radius 1 is 1.29 bits per heavy atom. The molecule has 0 aliphatic rings. The molecule has 0 bridgehead atoms. The van der Waals surface area contributed by atoms with Gasteiger partial charge in [0, 0.05) is 30.6 Å². The van der Waals surface area contributed by atoms with Gasteiger partial charge in [0.2, 0.25) is 5.75 Å². The van der Waals surface area contributed by atoms with E-state index >= 15 is 0 Å². The monoisotopic (exact) mass is 288 g/mol. The lowest BCUT2D eigenvalue weighted by Crippen LogP contribution is -2.06. The Hall–Kier alpha value is -2.54. The summed E-state index contributed by atoms with van der Waals surface area (Å²) in [5.41, 5.74) is 2.29. The summed E-state index contributed by atoms with van der Waals surface area (Å²) >= 11 is 0. The molecule has 21 heavy (non-hydrogen) atoms. The molecule has 0 fully saturated rings. The molecule has 2 rings (SSSR count). The van der Waals surface area contributed by atoms with E-state index < -0.39 is 4.92 Å². The molecule has 1 heterocycles. The molecular weight excluding hydrogens is 272 g/mol. The number of rotatable bonds is 5. The Labute approximate surface area is 122 Å². The molecule has 0 amide bonds. The molecular formula is C14H16N4O3. The van der Waals surface area contributed by atoms with Crippen molar-refractivity contribution < 1.29 is 9.66 Å². The maximum absolute atomic E-state index is 11.1. The van der Waals surface area contributed by atoms with E-state index in [1.807, 2.05) is 13.1 Å². The average molecular weight is 288 g/mol. The summed E-state index contributed by atoms with van der Waals surface area (Å²) in [4.78, 5) is 18.8. The van der Waals surface area contributed by atoms with Gasteiger partial charge in [-0.2, -0.15) is 0 Å². The SMILES string of the molecule is CNCc1cnc(Oc2c(C)cc(C)cc2[N+](=O)[O-])nc1. The summed E-state index contributed by atoms with van der Waals surface area (Å²) in [6.07, 6.45) is 3.24. The van der Waals surface area contributed by atoms with E-state index in [9.17, 15) is 10.1 Å². The number of hydrogen-bond acceptors (Lipinski definition) is 6. The summed E-state index contributed by atoms with van der Waals surface area (Å²) in [7, 11) is 1.82. The molecule has 0 atom stereocenters. The van der Waals surface area contributed by atoms with Crippen molar-refractivity contribution in [3.63, 3.8) is 0 Å². The zero-order valence-corrected chi connectivity index (χ0v) is 12.1. The maximum atomic E-state index is 11.1. The van der Waals surface area contributed by atoms with Gasteiger partial charge in [0.15, 0.2) is 0 Å². The van der Waals surface area contributed by atoms with Gasteiger partial charge in [-0.15, -0.1) is 0 Å². The van der Waals surface area contributed by atoms with Gasteiger partial charge in [-0.25, -0.2) is 9.97 Å². The second-order valence-electron chi connectivity index (χ2n) is 4.69. The number of nitro groups is 1. The Balaban J connectivity index is 2.32. The van der Waals surface area contributed by atoms with E-state index in [-0.39, 0.29) is 17.4 Å². The lowest BCUT2D eigenvalue weighted by Gasteiger charge is -2.09. The van der Waals surface area contributed by atoms with Crippen molar-refractivity contribution in [1.82, 2.24) is 15.3 Å². The number of aryl methyl sites for hydroxylation is 2. The van der Waals surface area contributed by atoms with Crippen LogP contribution in [0.3, 0.4) is 0 Å². The van der Waals surface area contributed by atoms with Crippen LogP contribution in [0.1, 0.15) is 16.7 Å². The summed E-state index contributed by atoms with van der Waals surface area (Å²) in [5.74, 6) is 0.173. The first kappa shape index (κ1) is 14.9. The molecule has 7 nitrogen and oxygen atoms in total. The number of nitrogens with zero attached hydrogens (tertiary/aromatic N) is 3. The third kappa shape index (κ3) is 3.51. The van der Waals surface area contributed by atoms with Gasteiger partial charge in [-0.1, -0.05) is 6.07 Å². The summed E-state index contributed by atoms with van der Waals surface area (Å²) in [6.45, 7) is 4.20. The fourth-order valence-electron chi connectivity index (χ4n) is 1.98. The standard InChI is InChI=1S/C14H16N4O3/c1-9-4-10(2)13(12(5-9)18(19)20)21-14-16-7-11(6-15-3)8-17-14/h4-5,7-8,15H,6H2,1-3H3. The van der Waals surface area contributed by atoms with E-state index in [4.69, 9.17) is 4.74 Å². The quantitative estimate of drug-likeness (QED) is 0.671. The predicted octanol–water partition coefficient (Wildman–Crippen LogP) is 2.51. The Morgan fingerprint density at radius 3 is 2.52 bits per heavy atom. The maximum Gasteiger partial charge on any atom is 0.322 e. The number of ether oxygens (including phenoxy) is 1. The molecule has 0 unspecified atom stereocenters. The van der Waals surface area contributed by atoms with Crippen LogP contribution in [0.4, 0.5) is 5.69 Å². The lowest BCUT2D eigenvalue weighted by atomic mass is 10.1. The summed E-state index contributed by atoms with van der Waals surface area (Å²) < 4.78 is 5.51. The highest BCUT2D eigenvalue weighted by molar-refractivity contribution is 5.54. The van der Waals surface area contributed by atoms with Crippen molar-refractivity contribution in [2.45, 2.75) is 20.4 Å². The predicted molar refractivity (Wildman–Crippen MR) is 77.4 cm³/mol. The van der Waals surface area contributed by atoms with Crippen LogP contribution in [-0.2, 0) is 6.54 Å². The molecule has 0 radical (unpaired) electrons. The normalized spacial score (nSPS) is 10.4. The summed E-state index contributed by atoms with van der Waals surface area (Å²) in [6, 6.07) is 3.37. The molecule has 1 aromatic carbocycles. The average Bonchev–Trinajstić information content (AvgIpc) is 2.43. The van der Waals surface area contributed by atoms with Crippen molar-refractivity contribution >= 4 is 5.69 Å². The van der Waals surface area contributed by atoms with Gasteiger partial charge in [0.1, 0.15) is 0 Å². The number of nitrogens with one attached hydrogen (secondary N) is 1. The van der Waals surface area contributed by atoms with Crippen molar-refractivity contribution in [3.05, 3.63) is 51.3 Å². The smallest absolute Gasteiger partial charge is 0.322 e. The van der Waals surface area contributed by atoms with Crippen LogP contribution in [0.5, 0.6) is 11.8 Å². The van der Waals surface area contributed by atoms with Crippen LogP contribution in [-0.4, -0.2) is 21.9 Å². The molecule has 0 aliphatic heterocycles. The van der Waals surface area contributed by atoms with Crippen LogP contribution in [0.2, 0.25) is 0 Å². The number of benzene rings is 1. The van der Waals surface area contributed by atoms with Gasteiger partial charge < -0.3 is 10.1 Å². The van der Waals surface area contributed by atoms with Crippen LogP contribution in [0.15, 0.2) is 24.5 Å². The lowest BCUT2D eigenvalue weighted by molar-refractivity contribution is -0.385. The Bertz CT molecular complexity index is 656. The van der Waals surface area contributed by atoms with Crippen LogP contribution < -0.4 is 10.1 Å². The molecule has 7 heteroatoms. The van der Waals surface area contributed by atoms with E-state index in [0.717, 1.165) is 11.1 Å². The Kier molecular flexibility index (Phi) is 4.44. The zero-order chi connectivity index (χ0) is 15.4. The first-order valence-corrected chi connectivity index (χ1v) is 6.40. The highest BCUT2D eigenvalue weighted by atomic mass is 16.6. The van der Waals surface area contributed by atoms with Crippen LogP contribution >= 0.6 is 0 Å². The second-order valence-corrected chi connectivity index (χ2v) is 4.69. The van der Waals surface area contributed by atoms with E-state index in [1.54, 1.807) is 26.2 Å². The van der Waals surface area contributed by atoms with Gasteiger partial charge in [-0.3, -0.25) is 10.1 Å². The van der Waals surface area contributed by atoms with E-state index in [1.165, 1.54) is 6.07 Å². The summed E-state index contributed by atoms with van der Waals surface area (Å²) in [5, 5.41) is 14.1. The zero-order valence-electron chi connectivity index (χ0n) is 12.1. The molecule has 0 saturated carbocycles. The minimum absolute atomic E-state index is 0.0876. The van der Waals surface area contributed by atoms with Crippen LogP contribution in [0, 0.1) is 24.0 Å². The topological polar surface area (TPSA) is 90.2 Å². The fourth-order valence-corrected chi connectivity index (χ4v) is 1.98. The van der Waals surface area contributed by atoms with Gasteiger partial charge in [-0.05, 0) is 32.0 Å². The highest BCUT2D eigenvalue weighted by Gasteiger charge is 2.20. The molecule has 0 spiro atoms. The van der Waals surface area contributed by atoms with Gasteiger partial charge in [0.25, 0.3) is 0 Å². The molecule has 0 saturated heterocycles. The third-order valence-electron chi connectivity index (χ3n) is 2.85. The van der Waals surface area contributed by atoms with Crippen molar-refractivity contribution in [1.29, 1.82) is 0 Å². The third-order valence-corrected chi connectivity index (χ3v) is 2.85. The molecule has 0 aliphatic carbocycles. The largest absolute Gasteiger partial charge is 0.417 e. The van der Waals surface area contributed by atoms with Crippen molar-refractivity contribution in [2.75, 3.05) is 7.05 Å². The van der Waals surface area contributed by atoms with E-state index in [0.29, 0.717) is 12.1 Å². The minimum atomic E-state index is -0.468. The Morgan fingerprint density at radius 2 is 1.95 bits per heavy atom. The van der Waals surface area contributed by atoms with Crippen molar-refractivity contribution in [3.8, 4) is 11.8 Å². The molecule has 1 aromatic heterocycles. The fraction of sp³-hybridized carbons (Fsp3) is 0.286. The first-order chi connectivity index (χ1) is 10.0. The van der Waals surface area contributed by atoms with E-state index in [2.05, 4.69) is 15.3 Å². The molecule has 2 aromatic rings. The first-order valence-electron chi connectivity index (χ1n) is 6.40. The molecule has 1 N–H and O–H groups in total. The minimum Gasteiger partial charge on any atom is -0.417 e. The number of hydrogen-bond donors (Lipinski definition) is 1. The number of nitro benzene ring substituents is 1. The van der Waals surface area contributed by atoms with Gasteiger partial charge >= 0.3 is 11.7 Å². The van der Waals surface area contributed by atoms with Crippen molar-refractivity contribution in [2.24, 2.45) is 0 Å². The highest BCUT2D eigenvalue weighted by Crippen LogP contribution is 2.34. The second kappa shape index (κ2) is 6.27.